The maximum absolute atomic E-state index is 13.0. The van der Waals surface area contributed by atoms with Crippen LogP contribution in [0.5, 0.6) is 0 Å². The summed E-state index contributed by atoms with van der Waals surface area (Å²) < 4.78 is 12.8. The first-order valence-corrected chi connectivity index (χ1v) is 12.8. The van der Waals surface area contributed by atoms with Gasteiger partial charge in [-0.3, -0.25) is 4.90 Å². The van der Waals surface area contributed by atoms with Gasteiger partial charge in [0.15, 0.2) is 5.16 Å². The molecule has 10 heteroatoms. The molecule has 32 heavy (non-hydrogen) atoms. The first-order valence-electron chi connectivity index (χ1n) is 10.7. The molecule has 1 aromatic carbocycles. The normalized spacial score (nSPS) is 22.9. The highest BCUT2D eigenvalue weighted by Crippen LogP contribution is 2.58. The van der Waals surface area contributed by atoms with E-state index in [4.69, 9.17) is 31.0 Å². The van der Waals surface area contributed by atoms with E-state index in [2.05, 4.69) is 27.8 Å². The quantitative estimate of drug-likeness (QED) is 0.355. The van der Waals surface area contributed by atoms with Gasteiger partial charge in [-0.25, -0.2) is 14.8 Å². The number of hydrogen-bond donors (Lipinski definition) is 0. The van der Waals surface area contributed by atoms with Crippen molar-refractivity contribution in [3.05, 3.63) is 32.0 Å². The van der Waals surface area contributed by atoms with E-state index in [1.54, 1.807) is 16.7 Å². The van der Waals surface area contributed by atoms with Crippen molar-refractivity contribution in [2.45, 2.75) is 63.6 Å². The molecule has 1 saturated heterocycles. The van der Waals surface area contributed by atoms with Gasteiger partial charge in [0.2, 0.25) is 0 Å². The summed E-state index contributed by atoms with van der Waals surface area (Å²) in [5, 5.41) is 2.27. The summed E-state index contributed by atoms with van der Waals surface area (Å²) in [5.41, 5.74) is 4.27. The maximum Gasteiger partial charge on any atom is 0.414 e. The molecule has 6 rings (SSSR count). The number of nitrogens with zero attached hydrogens (tertiary/aromatic N) is 4. The van der Waals surface area contributed by atoms with Gasteiger partial charge in [0.05, 0.1) is 40.8 Å². The van der Waals surface area contributed by atoms with Gasteiger partial charge < -0.3 is 14.4 Å². The summed E-state index contributed by atoms with van der Waals surface area (Å²) >= 11 is 12.0. The van der Waals surface area contributed by atoms with Crippen molar-refractivity contribution < 1.29 is 14.3 Å². The second kappa shape index (κ2) is 6.98. The minimum Gasteiger partial charge on any atom is -0.443 e. The number of fused-ring (bicyclic) bond motifs is 6. The number of benzene rings is 1. The van der Waals surface area contributed by atoms with Crippen molar-refractivity contribution in [1.29, 1.82) is 0 Å². The number of halogens is 2. The van der Waals surface area contributed by atoms with Gasteiger partial charge in [-0.05, 0) is 42.5 Å². The van der Waals surface area contributed by atoms with Crippen molar-refractivity contribution in [2.75, 3.05) is 17.2 Å². The number of aromatic nitrogens is 2. The Balaban J connectivity index is 1.57. The van der Waals surface area contributed by atoms with Crippen LogP contribution in [-0.2, 0) is 16.1 Å². The van der Waals surface area contributed by atoms with Crippen LogP contribution in [0.15, 0.2) is 21.0 Å². The summed E-state index contributed by atoms with van der Waals surface area (Å²) in [7, 11) is 0. The van der Waals surface area contributed by atoms with E-state index in [1.165, 1.54) is 0 Å². The molecule has 5 heterocycles. The standard InChI is InChI=1S/C22H22BrClN4O3S/c1-5-32-20-25-16-13-12-10(14(23)15(16)24)8-30-18(12)17-11-6-9(28(17)19(13)26-20)7-27(11)21(29)31-22(2,3)4/h9,18H,5-8H2,1-4H3. The van der Waals surface area contributed by atoms with E-state index in [-0.39, 0.29) is 18.2 Å². The van der Waals surface area contributed by atoms with Crippen LogP contribution in [0.4, 0.5) is 10.6 Å². The van der Waals surface area contributed by atoms with Crippen LogP contribution in [-0.4, -0.2) is 44.9 Å². The Labute approximate surface area is 203 Å². The van der Waals surface area contributed by atoms with E-state index in [9.17, 15) is 4.79 Å². The minimum atomic E-state index is -0.549. The number of likely N-dealkylation sites (tertiary alicyclic amines) is 1. The summed E-state index contributed by atoms with van der Waals surface area (Å²) in [4.78, 5) is 26.8. The minimum absolute atomic E-state index is 0.0910. The Morgan fingerprint density at radius 1 is 1.38 bits per heavy atom. The molecule has 2 atom stereocenters. The SMILES string of the molecule is CCSc1nc2c3c4c(c(Br)c(Cl)c3n1)COC4C1=C3CC(CN3C(=O)OC(C)(C)C)N12. The van der Waals surface area contributed by atoms with E-state index in [0.717, 1.165) is 55.9 Å². The Bertz CT molecular complexity index is 1240. The molecule has 7 nitrogen and oxygen atoms in total. The van der Waals surface area contributed by atoms with E-state index >= 15 is 0 Å². The highest BCUT2D eigenvalue weighted by Gasteiger charge is 2.53. The van der Waals surface area contributed by atoms with Crippen LogP contribution in [0.1, 0.15) is 51.3 Å². The summed E-state index contributed by atoms with van der Waals surface area (Å²) in [6.45, 7) is 8.75. The lowest BCUT2D eigenvalue weighted by Gasteiger charge is -2.40. The lowest BCUT2D eigenvalue weighted by molar-refractivity contribution is 0.0313. The van der Waals surface area contributed by atoms with Crippen molar-refractivity contribution in [3.8, 4) is 0 Å². The average molecular weight is 538 g/mol. The molecule has 2 unspecified atom stereocenters. The topological polar surface area (TPSA) is 67.8 Å². The van der Waals surface area contributed by atoms with Crippen LogP contribution >= 0.6 is 39.3 Å². The first-order chi connectivity index (χ1) is 15.2. The van der Waals surface area contributed by atoms with Gasteiger partial charge in [0.1, 0.15) is 17.5 Å². The molecule has 4 aliphatic heterocycles. The molecule has 0 saturated carbocycles. The molecule has 0 aliphatic carbocycles. The van der Waals surface area contributed by atoms with Gasteiger partial charge >= 0.3 is 6.09 Å². The van der Waals surface area contributed by atoms with Crippen LogP contribution in [0.2, 0.25) is 5.02 Å². The highest BCUT2D eigenvalue weighted by molar-refractivity contribution is 9.10. The summed E-state index contributed by atoms with van der Waals surface area (Å²) in [6, 6.07) is 0.0910. The molecule has 2 aromatic rings. The number of carbonyl (C=O) groups excluding carboxylic acids is 1. The van der Waals surface area contributed by atoms with E-state index in [0.29, 0.717) is 23.3 Å². The Kier molecular flexibility index (Phi) is 4.58. The largest absolute Gasteiger partial charge is 0.443 e. The molecule has 2 bridgehead atoms. The number of amides is 1. The predicted octanol–water partition coefficient (Wildman–Crippen LogP) is 5.78. The number of anilines is 1. The van der Waals surface area contributed by atoms with Gasteiger partial charge in [-0.15, -0.1) is 0 Å². The molecule has 1 fully saturated rings. The second-order valence-corrected chi connectivity index (χ2v) is 11.8. The smallest absolute Gasteiger partial charge is 0.414 e. The van der Waals surface area contributed by atoms with Crippen LogP contribution in [0.3, 0.4) is 0 Å². The highest BCUT2D eigenvalue weighted by atomic mass is 79.9. The predicted molar refractivity (Wildman–Crippen MR) is 127 cm³/mol. The molecule has 0 spiro atoms. The number of thioether (sulfide) groups is 1. The fourth-order valence-electron chi connectivity index (χ4n) is 5.14. The third kappa shape index (κ3) is 2.80. The molecule has 4 aliphatic rings. The fourth-order valence-corrected chi connectivity index (χ4v) is 6.47. The van der Waals surface area contributed by atoms with Crippen molar-refractivity contribution >= 4 is 62.1 Å². The van der Waals surface area contributed by atoms with Crippen molar-refractivity contribution in [3.63, 3.8) is 0 Å². The molecular weight excluding hydrogens is 516 g/mol. The number of ether oxygens (including phenoxy) is 2. The van der Waals surface area contributed by atoms with Crippen molar-refractivity contribution in [1.82, 2.24) is 14.9 Å². The van der Waals surface area contributed by atoms with Crippen LogP contribution in [0.25, 0.3) is 10.9 Å². The van der Waals surface area contributed by atoms with Gasteiger partial charge in [-0.2, -0.15) is 0 Å². The molecular formula is C22H22BrClN4O3S. The lowest BCUT2D eigenvalue weighted by atomic mass is 9.93. The van der Waals surface area contributed by atoms with Crippen molar-refractivity contribution in [2.24, 2.45) is 0 Å². The monoisotopic (exact) mass is 536 g/mol. The Morgan fingerprint density at radius 2 is 2.16 bits per heavy atom. The third-order valence-corrected chi connectivity index (χ3v) is 8.42. The molecule has 0 N–H and O–H groups in total. The molecule has 0 radical (unpaired) electrons. The van der Waals surface area contributed by atoms with E-state index in [1.807, 2.05) is 20.8 Å². The van der Waals surface area contributed by atoms with E-state index < -0.39 is 5.60 Å². The van der Waals surface area contributed by atoms with Crippen LogP contribution in [0, 0.1) is 0 Å². The zero-order valence-electron chi connectivity index (χ0n) is 18.2. The Morgan fingerprint density at radius 3 is 2.88 bits per heavy atom. The zero-order chi connectivity index (χ0) is 22.5. The first kappa shape index (κ1) is 21.0. The number of hydrogen-bond acceptors (Lipinski definition) is 7. The number of carbonyl (C=O) groups is 1. The third-order valence-electron chi connectivity index (χ3n) is 6.22. The molecule has 1 aromatic heterocycles. The fraction of sp³-hybridized carbons (Fsp3) is 0.500. The number of rotatable bonds is 2. The van der Waals surface area contributed by atoms with Gasteiger partial charge in [0, 0.05) is 27.7 Å². The Hall–Kier alpha value is -1.55. The molecule has 168 valence electrons. The van der Waals surface area contributed by atoms with Crippen LogP contribution < -0.4 is 4.90 Å². The summed E-state index contributed by atoms with van der Waals surface area (Å²) in [5.74, 6) is 1.74. The lowest BCUT2D eigenvalue weighted by Crippen LogP contribution is -2.46. The maximum atomic E-state index is 13.0. The molecule has 1 amide bonds. The zero-order valence-corrected chi connectivity index (χ0v) is 21.3. The van der Waals surface area contributed by atoms with Gasteiger partial charge in [-0.1, -0.05) is 30.3 Å². The summed E-state index contributed by atoms with van der Waals surface area (Å²) in [6.07, 6.45) is 0.180. The van der Waals surface area contributed by atoms with Gasteiger partial charge in [0.25, 0.3) is 0 Å². The average Bonchev–Trinajstić information content (AvgIpc) is 3.43. The second-order valence-electron chi connectivity index (χ2n) is 9.35.